The lowest BCUT2D eigenvalue weighted by atomic mass is 10.2. The van der Waals surface area contributed by atoms with Crippen LogP contribution < -0.4 is 5.32 Å². The van der Waals surface area contributed by atoms with E-state index in [1.807, 2.05) is 0 Å². The summed E-state index contributed by atoms with van der Waals surface area (Å²) in [5, 5.41) is 3.16. The topological polar surface area (TPSA) is 21.3 Å². The number of rotatable bonds is 3. The van der Waals surface area contributed by atoms with Gasteiger partial charge in [-0.2, -0.15) is 0 Å². The van der Waals surface area contributed by atoms with Crippen molar-refractivity contribution in [1.82, 2.24) is 5.32 Å². The van der Waals surface area contributed by atoms with Gasteiger partial charge in [-0.15, -0.1) is 0 Å². The van der Waals surface area contributed by atoms with Crippen molar-refractivity contribution >= 4 is 17.2 Å². The molecule has 0 atom stereocenters. The summed E-state index contributed by atoms with van der Waals surface area (Å²) in [7, 11) is 0. The maximum atomic E-state index is 5.32. The predicted molar refractivity (Wildman–Crippen MR) is 54.1 cm³/mol. The molecule has 0 aromatic carbocycles. The largest absolute Gasteiger partial charge is 0.496 e. The highest BCUT2D eigenvalue weighted by molar-refractivity contribution is 7.80. The Hall–Kier alpha value is -0.570. The fraction of sp³-hybridized carbons (Fsp3) is 0.667. The average Bonchev–Trinajstić information content (AvgIpc) is 2.51. The molecule has 2 nitrogen and oxygen atoms in total. The molecule has 12 heavy (non-hydrogen) atoms. The van der Waals surface area contributed by atoms with Crippen LogP contribution in [0, 0.1) is 5.92 Å². The van der Waals surface area contributed by atoms with Crippen molar-refractivity contribution in [1.29, 1.82) is 0 Å². The Balaban J connectivity index is 2.21. The summed E-state index contributed by atoms with van der Waals surface area (Å²) in [6.45, 7) is 5.74. The molecule has 0 aromatic rings. The first-order valence-electron chi connectivity index (χ1n) is 4.29. The van der Waals surface area contributed by atoms with Crippen molar-refractivity contribution < 1.29 is 4.74 Å². The van der Waals surface area contributed by atoms with Crippen molar-refractivity contribution in [3.8, 4) is 0 Å². The zero-order valence-electron chi connectivity index (χ0n) is 7.59. The van der Waals surface area contributed by atoms with E-state index in [0.717, 1.165) is 30.3 Å². The Morgan fingerprint density at radius 3 is 3.00 bits per heavy atom. The zero-order valence-corrected chi connectivity index (χ0v) is 8.41. The molecular weight excluding hydrogens is 170 g/mol. The van der Waals surface area contributed by atoms with Crippen LogP contribution >= 0.6 is 12.2 Å². The Morgan fingerprint density at radius 1 is 1.75 bits per heavy atom. The summed E-state index contributed by atoms with van der Waals surface area (Å²) in [6.07, 6.45) is 3.14. The van der Waals surface area contributed by atoms with Crippen LogP contribution in [0.4, 0.5) is 0 Å². The van der Waals surface area contributed by atoms with Crippen molar-refractivity contribution in [3.05, 3.63) is 11.8 Å². The van der Waals surface area contributed by atoms with Crippen LogP contribution in [0.5, 0.6) is 0 Å². The van der Waals surface area contributed by atoms with Gasteiger partial charge in [-0.3, -0.25) is 0 Å². The van der Waals surface area contributed by atoms with Gasteiger partial charge in [0.15, 0.2) is 0 Å². The van der Waals surface area contributed by atoms with Crippen molar-refractivity contribution in [2.75, 3.05) is 13.2 Å². The molecule has 0 amide bonds. The van der Waals surface area contributed by atoms with Crippen molar-refractivity contribution in [2.45, 2.75) is 20.3 Å². The lowest BCUT2D eigenvalue weighted by Gasteiger charge is -2.10. The summed E-state index contributed by atoms with van der Waals surface area (Å²) >= 11 is 5.12. The Bertz CT molecular complexity index is 199. The van der Waals surface area contributed by atoms with Crippen molar-refractivity contribution in [3.63, 3.8) is 0 Å². The molecule has 0 bridgehead atoms. The molecule has 1 rings (SSSR count). The quantitative estimate of drug-likeness (QED) is 0.678. The first-order valence-corrected chi connectivity index (χ1v) is 4.70. The summed E-state index contributed by atoms with van der Waals surface area (Å²) in [5.74, 6) is 1.44. The molecule has 0 aliphatic carbocycles. The molecule has 1 heterocycles. The summed E-state index contributed by atoms with van der Waals surface area (Å²) in [6, 6.07) is 0. The van der Waals surface area contributed by atoms with E-state index in [2.05, 4.69) is 25.2 Å². The van der Waals surface area contributed by atoms with Crippen LogP contribution in [0.3, 0.4) is 0 Å². The van der Waals surface area contributed by atoms with Gasteiger partial charge in [0, 0.05) is 12.3 Å². The second kappa shape index (κ2) is 4.45. The smallest absolute Gasteiger partial charge is 0.111 e. The van der Waals surface area contributed by atoms with E-state index < -0.39 is 0 Å². The lowest BCUT2D eigenvalue weighted by molar-refractivity contribution is 0.239. The van der Waals surface area contributed by atoms with E-state index in [-0.39, 0.29) is 0 Å². The van der Waals surface area contributed by atoms with Gasteiger partial charge in [0.2, 0.25) is 0 Å². The highest BCUT2D eigenvalue weighted by Crippen LogP contribution is 2.07. The molecule has 0 spiro atoms. The highest BCUT2D eigenvalue weighted by atomic mass is 32.1. The molecule has 0 aromatic heterocycles. The van der Waals surface area contributed by atoms with E-state index in [1.54, 1.807) is 0 Å². The third-order valence-corrected chi connectivity index (χ3v) is 2.35. The molecule has 0 radical (unpaired) electrons. The summed E-state index contributed by atoms with van der Waals surface area (Å²) < 4.78 is 5.32. The maximum Gasteiger partial charge on any atom is 0.111 e. The van der Waals surface area contributed by atoms with Gasteiger partial charge in [0.1, 0.15) is 5.76 Å². The first-order chi connectivity index (χ1) is 5.70. The Kier molecular flexibility index (Phi) is 3.53. The highest BCUT2D eigenvalue weighted by Gasteiger charge is 2.06. The predicted octanol–water partition coefficient (Wildman–Crippen LogP) is 1.86. The van der Waals surface area contributed by atoms with Gasteiger partial charge >= 0.3 is 0 Å². The minimum Gasteiger partial charge on any atom is -0.496 e. The van der Waals surface area contributed by atoms with E-state index >= 15 is 0 Å². The van der Waals surface area contributed by atoms with Crippen molar-refractivity contribution in [2.24, 2.45) is 5.92 Å². The van der Waals surface area contributed by atoms with Crippen LogP contribution in [0.1, 0.15) is 20.3 Å². The van der Waals surface area contributed by atoms with Gasteiger partial charge in [0.05, 0.1) is 18.1 Å². The third kappa shape index (κ3) is 2.81. The van der Waals surface area contributed by atoms with E-state index in [1.165, 1.54) is 0 Å². The SMILES string of the molecule is CC(C)C(=S)NCC1=CCCO1. The minimum atomic E-state index is 0.419. The zero-order chi connectivity index (χ0) is 8.97. The number of thiocarbonyl (C=S) groups is 1. The number of hydrogen-bond acceptors (Lipinski definition) is 2. The van der Waals surface area contributed by atoms with Gasteiger partial charge < -0.3 is 10.1 Å². The van der Waals surface area contributed by atoms with Crippen LogP contribution in [-0.4, -0.2) is 18.1 Å². The number of nitrogens with one attached hydrogen (secondary N) is 1. The summed E-state index contributed by atoms with van der Waals surface area (Å²) in [5.41, 5.74) is 0. The second-order valence-corrected chi connectivity index (χ2v) is 3.62. The summed E-state index contributed by atoms with van der Waals surface area (Å²) in [4.78, 5) is 0.909. The molecule has 0 unspecified atom stereocenters. The average molecular weight is 185 g/mol. The van der Waals surface area contributed by atoms with Gasteiger partial charge in [-0.05, 0) is 6.08 Å². The first kappa shape index (κ1) is 9.52. The normalized spacial score (nSPS) is 15.8. The van der Waals surface area contributed by atoms with Gasteiger partial charge in [-0.1, -0.05) is 26.1 Å². The monoisotopic (exact) mass is 185 g/mol. The van der Waals surface area contributed by atoms with E-state index in [9.17, 15) is 0 Å². The number of hydrogen-bond donors (Lipinski definition) is 1. The van der Waals surface area contributed by atoms with E-state index in [4.69, 9.17) is 17.0 Å². The minimum absolute atomic E-state index is 0.419. The van der Waals surface area contributed by atoms with Crippen LogP contribution in [0.2, 0.25) is 0 Å². The molecule has 0 saturated carbocycles. The molecule has 68 valence electrons. The Morgan fingerprint density at radius 2 is 2.50 bits per heavy atom. The van der Waals surface area contributed by atoms with Crippen LogP contribution in [-0.2, 0) is 4.74 Å². The molecule has 0 fully saturated rings. The fourth-order valence-electron chi connectivity index (χ4n) is 0.970. The van der Waals surface area contributed by atoms with E-state index in [0.29, 0.717) is 5.92 Å². The molecule has 1 aliphatic rings. The fourth-order valence-corrected chi connectivity index (χ4v) is 1.04. The molecule has 0 saturated heterocycles. The van der Waals surface area contributed by atoms with Crippen LogP contribution in [0.25, 0.3) is 0 Å². The standard InChI is InChI=1S/C9H15NOS/c1-7(2)9(12)10-6-8-4-3-5-11-8/h4,7H,3,5-6H2,1-2H3,(H,10,12). The lowest BCUT2D eigenvalue weighted by Crippen LogP contribution is -2.27. The number of ether oxygens (including phenoxy) is 1. The Labute approximate surface area is 79.0 Å². The maximum absolute atomic E-state index is 5.32. The molecule has 3 heteroatoms. The van der Waals surface area contributed by atoms with Crippen LogP contribution in [0.15, 0.2) is 11.8 Å². The molecular formula is C9H15NOS. The molecule has 1 N–H and O–H groups in total. The second-order valence-electron chi connectivity index (χ2n) is 3.18. The molecule has 1 aliphatic heterocycles. The third-order valence-electron chi connectivity index (χ3n) is 1.74. The van der Waals surface area contributed by atoms with Gasteiger partial charge in [-0.25, -0.2) is 0 Å². The van der Waals surface area contributed by atoms with Gasteiger partial charge in [0.25, 0.3) is 0 Å².